The Kier molecular flexibility index (Phi) is 4.88. The molecule has 1 rings (SSSR count). The Morgan fingerprint density at radius 2 is 2.00 bits per heavy atom. The molecule has 0 bridgehead atoms. The van der Waals surface area contributed by atoms with Crippen molar-refractivity contribution in [3.05, 3.63) is 29.3 Å². The molecule has 0 heterocycles. The van der Waals surface area contributed by atoms with Gasteiger partial charge < -0.3 is 15.6 Å². The molecule has 0 aliphatic rings. The van der Waals surface area contributed by atoms with E-state index in [1.54, 1.807) is 24.3 Å². The molecule has 2 unspecified atom stereocenters. The molecule has 84 valence electrons. The van der Waals surface area contributed by atoms with Gasteiger partial charge in [-0.15, -0.1) is 0 Å². The van der Waals surface area contributed by atoms with Crippen LogP contribution < -0.4 is 10.5 Å². The fraction of sp³-hybridized carbons (Fsp3) is 0.455. The average Bonchev–Trinajstić information content (AvgIpc) is 2.27. The van der Waals surface area contributed by atoms with Crippen molar-refractivity contribution < 1.29 is 9.84 Å². The summed E-state index contributed by atoms with van der Waals surface area (Å²) in [5, 5.41) is 9.77. The number of rotatable bonds is 5. The lowest BCUT2D eigenvalue weighted by Gasteiger charge is -2.22. The van der Waals surface area contributed by atoms with Crippen molar-refractivity contribution in [3.8, 4) is 5.75 Å². The predicted molar refractivity (Wildman–Crippen MR) is 61.2 cm³/mol. The molecule has 1 aromatic carbocycles. The second kappa shape index (κ2) is 5.95. The van der Waals surface area contributed by atoms with Gasteiger partial charge in [0, 0.05) is 11.1 Å². The summed E-state index contributed by atoms with van der Waals surface area (Å²) in [6.45, 7) is 1.87. The molecular formula is C11H16ClNO2. The van der Waals surface area contributed by atoms with Crippen LogP contribution in [0.2, 0.25) is 5.02 Å². The van der Waals surface area contributed by atoms with Gasteiger partial charge in [0.05, 0.1) is 6.61 Å². The van der Waals surface area contributed by atoms with E-state index in [1.807, 2.05) is 6.92 Å². The van der Waals surface area contributed by atoms with E-state index in [0.717, 1.165) is 6.42 Å². The summed E-state index contributed by atoms with van der Waals surface area (Å²) in [4.78, 5) is 0. The smallest absolute Gasteiger partial charge is 0.137 e. The minimum Gasteiger partial charge on any atom is -0.486 e. The Bertz CT molecular complexity index is 289. The molecule has 0 fully saturated rings. The predicted octanol–water partition coefficient (Wildman–Crippen LogP) is 1.82. The molecule has 0 aliphatic heterocycles. The topological polar surface area (TPSA) is 55.5 Å². The number of aliphatic hydroxyl groups is 1. The largest absolute Gasteiger partial charge is 0.486 e. The van der Waals surface area contributed by atoms with Crippen LogP contribution in [0.4, 0.5) is 0 Å². The van der Waals surface area contributed by atoms with Crippen molar-refractivity contribution in [2.45, 2.75) is 25.5 Å². The second-order valence-corrected chi connectivity index (χ2v) is 3.80. The van der Waals surface area contributed by atoms with E-state index >= 15 is 0 Å². The van der Waals surface area contributed by atoms with E-state index in [2.05, 4.69) is 0 Å². The van der Waals surface area contributed by atoms with Crippen LogP contribution in [0.5, 0.6) is 5.75 Å². The van der Waals surface area contributed by atoms with E-state index in [4.69, 9.17) is 27.2 Å². The fourth-order valence-electron chi connectivity index (χ4n) is 1.21. The van der Waals surface area contributed by atoms with Gasteiger partial charge in [-0.05, 0) is 30.7 Å². The first-order chi connectivity index (χ1) is 7.17. The van der Waals surface area contributed by atoms with Crippen molar-refractivity contribution in [3.63, 3.8) is 0 Å². The Balaban J connectivity index is 2.62. The van der Waals surface area contributed by atoms with Gasteiger partial charge in [-0.3, -0.25) is 0 Å². The maximum Gasteiger partial charge on any atom is 0.137 e. The lowest BCUT2D eigenvalue weighted by molar-refractivity contribution is 0.0933. The Hall–Kier alpha value is -0.770. The summed E-state index contributed by atoms with van der Waals surface area (Å²) in [6.07, 6.45) is 0.398. The summed E-state index contributed by atoms with van der Waals surface area (Å²) in [7, 11) is 0. The monoisotopic (exact) mass is 229 g/mol. The number of aliphatic hydroxyl groups excluding tert-OH is 1. The zero-order chi connectivity index (χ0) is 11.3. The first kappa shape index (κ1) is 12.3. The maximum absolute atomic E-state index is 9.11. The third-order valence-corrected chi connectivity index (χ3v) is 2.48. The van der Waals surface area contributed by atoms with Gasteiger partial charge in [0.25, 0.3) is 0 Å². The Morgan fingerprint density at radius 1 is 1.40 bits per heavy atom. The van der Waals surface area contributed by atoms with Gasteiger partial charge in [0.15, 0.2) is 0 Å². The summed E-state index contributed by atoms with van der Waals surface area (Å²) in [5.74, 6) is 0.669. The summed E-state index contributed by atoms with van der Waals surface area (Å²) in [5.41, 5.74) is 5.79. The number of hydrogen-bond donors (Lipinski definition) is 2. The molecule has 0 saturated heterocycles. The molecule has 0 saturated carbocycles. The highest BCUT2D eigenvalue weighted by atomic mass is 35.5. The summed E-state index contributed by atoms with van der Waals surface area (Å²) in [6, 6.07) is 6.83. The van der Waals surface area contributed by atoms with Gasteiger partial charge in [0.1, 0.15) is 11.9 Å². The highest BCUT2D eigenvalue weighted by Gasteiger charge is 2.16. The SMILES string of the molecule is CCC(N)C(CO)Oc1ccc(Cl)cc1. The van der Waals surface area contributed by atoms with Gasteiger partial charge in [-0.25, -0.2) is 0 Å². The minimum absolute atomic E-state index is 0.0857. The van der Waals surface area contributed by atoms with Crippen LogP contribution in [0, 0.1) is 0 Å². The first-order valence-electron chi connectivity index (χ1n) is 4.96. The van der Waals surface area contributed by atoms with E-state index in [0.29, 0.717) is 10.8 Å². The molecule has 3 nitrogen and oxygen atoms in total. The van der Waals surface area contributed by atoms with Crippen molar-refractivity contribution >= 4 is 11.6 Å². The van der Waals surface area contributed by atoms with E-state index in [9.17, 15) is 0 Å². The van der Waals surface area contributed by atoms with Crippen molar-refractivity contribution in [2.24, 2.45) is 5.73 Å². The van der Waals surface area contributed by atoms with Gasteiger partial charge in [0.2, 0.25) is 0 Å². The van der Waals surface area contributed by atoms with Crippen molar-refractivity contribution in [2.75, 3.05) is 6.61 Å². The number of hydrogen-bond acceptors (Lipinski definition) is 3. The van der Waals surface area contributed by atoms with Crippen LogP contribution in [0.25, 0.3) is 0 Å². The zero-order valence-corrected chi connectivity index (χ0v) is 9.45. The van der Waals surface area contributed by atoms with Gasteiger partial charge >= 0.3 is 0 Å². The Labute approximate surface area is 94.8 Å². The Morgan fingerprint density at radius 3 is 2.47 bits per heavy atom. The van der Waals surface area contributed by atoms with Gasteiger partial charge in [-0.2, -0.15) is 0 Å². The van der Waals surface area contributed by atoms with Crippen LogP contribution in [0.15, 0.2) is 24.3 Å². The summed E-state index contributed by atoms with van der Waals surface area (Å²) < 4.78 is 5.54. The third-order valence-electron chi connectivity index (χ3n) is 2.23. The van der Waals surface area contributed by atoms with Crippen LogP contribution >= 0.6 is 11.6 Å². The van der Waals surface area contributed by atoms with Crippen LogP contribution in [0.3, 0.4) is 0 Å². The fourth-order valence-corrected chi connectivity index (χ4v) is 1.34. The minimum atomic E-state index is -0.365. The summed E-state index contributed by atoms with van der Waals surface area (Å²) >= 11 is 5.74. The van der Waals surface area contributed by atoms with Gasteiger partial charge in [-0.1, -0.05) is 18.5 Å². The van der Waals surface area contributed by atoms with Crippen LogP contribution in [0.1, 0.15) is 13.3 Å². The van der Waals surface area contributed by atoms with Crippen LogP contribution in [-0.2, 0) is 0 Å². The molecule has 0 aliphatic carbocycles. The van der Waals surface area contributed by atoms with E-state index in [-0.39, 0.29) is 18.8 Å². The third kappa shape index (κ3) is 3.70. The molecule has 0 amide bonds. The number of ether oxygens (including phenoxy) is 1. The molecule has 0 aromatic heterocycles. The highest BCUT2D eigenvalue weighted by Crippen LogP contribution is 2.17. The number of benzene rings is 1. The molecule has 2 atom stereocenters. The first-order valence-corrected chi connectivity index (χ1v) is 5.33. The standard InChI is InChI=1S/C11H16ClNO2/c1-2-10(13)11(7-14)15-9-5-3-8(12)4-6-9/h3-6,10-11,14H,2,7,13H2,1H3. The molecule has 0 spiro atoms. The second-order valence-electron chi connectivity index (χ2n) is 3.36. The molecule has 0 radical (unpaired) electrons. The van der Waals surface area contributed by atoms with E-state index < -0.39 is 0 Å². The number of halogens is 1. The molecule has 1 aromatic rings. The normalized spacial score (nSPS) is 14.7. The molecular weight excluding hydrogens is 214 g/mol. The molecule has 15 heavy (non-hydrogen) atoms. The quantitative estimate of drug-likeness (QED) is 0.810. The highest BCUT2D eigenvalue weighted by molar-refractivity contribution is 6.30. The van der Waals surface area contributed by atoms with Crippen LogP contribution in [-0.4, -0.2) is 23.9 Å². The zero-order valence-electron chi connectivity index (χ0n) is 8.69. The molecule has 3 N–H and O–H groups in total. The maximum atomic E-state index is 9.11. The van der Waals surface area contributed by atoms with Crippen molar-refractivity contribution in [1.82, 2.24) is 0 Å². The number of nitrogens with two attached hydrogens (primary N) is 1. The lowest BCUT2D eigenvalue weighted by atomic mass is 10.1. The average molecular weight is 230 g/mol. The van der Waals surface area contributed by atoms with E-state index in [1.165, 1.54) is 0 Å². The van der Waals surface area contributed by atoms with Crippen molar-refractivity contribution in [1.29, 1.82) is 0 Å². The molecule has 4 heteroatoms. The lowest BCUT2D eigenvalue weighted by Crippen LogP contribution is -2.41.